The number of hydrogen-bond donors (Lipinski definition) is 0. The number of halogens is 1. The minimum absolute atomic E-state index is 0.294. The van der Waals surface area contributed by atoms with Gasteiger partial charge in [0.2, 0.25) is 0 Å². The number of piperazine rings is 1. The third-order valence-electron chi connectivity index (χ3n) is 5.90. The van der Waals surface area contributed by atoms with Crippen LogP contribution in [0.5, 0.6) is 5.75 Å². The molecule has 0 amide bonds. The van der Waals surface area contributed by atoms with E-state index in [1.807, 2.05) is 18.2 Å². The van der Waals surface area contributed by atoms with Gasteiger partial charge in [-0.05, 0) is 48.0 Å². The molecule has 5 heteroatoms. The van der Waals surface area contributed by atoms with E-state index < -0.39 is 0 Å². The molecule has 2 heterocycles. The molecule has 4 nitrogen and oxygen atoms in total. The second kappa shape index (κ2) is 8.44. The van der Waals surface area contributed by atoms with Crippen molar-refractivity contribution in [3.05, 3.63) is 84.2 Å². The Bertz CT molecular complexity index is 1180. The van der Waals surface area contributed by atoms with Gasteiger partial charge < -0.3 is 14.1 Å². The fourth-order valence-corrected chi connectivity index (χ4v) is 4.28. The van der Waals surface area contributed by atoms with Gasteiger partial charge in [0.05, 0.1) is 12.7 Å². The summed E-state index contributed by atoms with van der Waals surface area (Å²) in [4.78, 5) is 4.88. The van der Waals surface area contributed by atoms with Gasteiger partial charge in [-0.1, -0.05) is 30.3 Å². The minimum atomic E-state index is -0.294. The lowest BCUT2D eigenvalue weighted by molar-refractivity contribution is 0.249. The molecule has 0 spiro atoms. The molecule has 0 bridgehead atoms. The molecule has 158 valence electrons. The van der Waals surface area contributed by atoms with Crippen LogP contribution in [0.25, 0.3) is 22.3 Å². The van der Waals surface area contributed by atoms with Gasteiger partial charge in [0.25, 0.3) is 0 Å². The molecule has 0 radical (unpaired) electrons. The maximum atomic E-state index is 14.2. The van der Waals surface area contributed by atoms with Crippen molar-refractivity contribution < 1.29 is 13.5 Å². The van der Waals surface area contributed by atoms with E-state index in [1.54, 1.807) is 19.2 Å². The molecular formula is C26H25FN2O2. The van der Waals surface area contributed by atoms with E-state index in [0.717, 1.165) is 38.1 Å². The summed E-state index contributed by atoms with van der Waals surface area (Å²) in [5, 5.41) is 0.926. The van der Waals surface area contributed by atoms with Crippen molar-refractivity contribution in [1.82, 2.24) is 4.90 Å². The first-order chi connectivity index (χ1) is 15.2. The Morgan fingerprint density at radius 2 is 1.65 bits per heavy atom. The molecule has 1 aromatic heterocycles. The van der Waals surface area contributed by atoms with E-state index in [1.165, 1.54) is 17.3 Å². The van der Waals surface area contributed by atoms with Crippen molar-refractivity contribution in [2.75, 3.05) is 38.2 Å². The molecule has 1 fully saturated rings. The van der Waals surface area contributed by atoms with E-state index in [2.05, 4.69) is 46.2 Å². The molecule has 1 aliphatic rings. The summed E-state index contributed by atoms with van der Waals surface area (Å²) >= 11 is 0. The normalized spacial score (nSPS) is 14.8. The summed E-state index contributed by atoms with van der Waals surface area (Å²) in [5.41, 5.74) is 3.56. The fourth-order valence-electron chi connectivity index (χ4n) is 4.28. The van der Waals surface area contributed by atoms with Gasteiger partial charge in [-0.15, -0.1) is 0 Å². The Kier molecular flexibility index (Phi) is 5.35. The topological polar surface area (TPSA) is 28.9 Å². The summed E-state index contributed by atoms with van der Waals surface area (Å²) in [5.74, 6) is 0.898. The van der Waals surface area contributed by atoms with E-state index in [9.17, 15) is 4.39 Å². The van der Waals surface area contributed by atoms with Gasteiger partial charge in [0.15, 0.2) is 11.3 Å². The molecule has 0 aliphatic carbocycles. The lowest BCUT2D eigenvalue weighted by Gasteiger charge is -2.36. The fraction of sp³-hybridized carbons (Fsp3) is 0.231. The standard InChI is InChI=1S/C26H25FN2O2/c1-30-25-16-19(18-28-11-13-29(14-12-28)21-7-3-2-4-8-21)15-20-17-24(31-26(20)25)22-9-5-6-10-23(22)27/h2-10,15-17H,11-14,18H2,1H3. The molecular weight excluding hydrogens is 391 g/mol. The number of ether oxygens (including phenoxy) is 1. The van der Waals surface area contributed by atoms with Gasteiger partial charge >= 0.3 is 0 Å². The molecule has 0 N–H and O–H groups in total. The largest absolute Gasteiger partial charge is 0.493 e. The highest BCUT2D eigenvalue weighted by atomic mass is 19.1. The zero-order chi connectivity index (χ0) is 21.2. The van der Waals surface area contributed by atoms with Crippen molar-refractivity contribution in [2.24, 2.45) is 0 Å². The number of methoxy groups -OCH3 is 1. The zero-order valence-electron chi connectivity index (χ0n) is 17.6. The quantitative estimate of drug-likeness (QED) is 0.425. The van der Waals surface area contributed by atoms with Crippen LogP contribution in [0, 0.1) is 5.82 Å². The average molecular weight is 416 g/mol. The van der Waals surface area contributed by atoms with E-state index in [-0.39, 0.29) is 5.82 Å². The summed E-state index contributed by atoms with van der Waals surface area (Å²) in [6.45, 7) is 4.86. The van der Waals surface area contributed by atoms with Gasteiger partial charge in [0.1, 0.15) is 11.6 Å². The molecule has 5 rings (SSSR count). The Morgan fingerprint density at radius 1 is 0.903 bits per heavy atom. The first kappa shape index (κ1) is 19.6. The van der Waals surface area contributed by atoms with Crippen molar-refractivity contribution in [3.63, 3.8) is 0 Å². The Morgan fingerprint density at radius 3 is 2.39 bits per heavy atom. The molecule has 0 unspecified atom stereocenters. The van der Waals surface area contributed by atoms with Gasteiger partial charge in [-0.2, -0.15) is 0 Å². The van der Waals surface area contributed by atoms with Crippen molar-refractivity contribution in [2.45, 2.75) is 6.54 Å². The van der Waals surface area contributed by atoms with Crippen molar-refractivity contribution >= 4 is 16.7 Å². The van der Waals surface area contributed by atoms with E-state index >= 15 is 0 Å². The first-order valence-corrected chi connectivity index (χ1v) is 10.6. The SMILES string of the molecule is COc1cc(CN2CCN(c3ccccc3)CC2)cc2cc(-c3ccccc3F)oc12. The van der Waals surface area contributed by atoms with E-state index in [0.29, 0.717) is 22.7 Å². The van der Waals surface area contributed by atoms with Crippen molar-refractivity contribution in [1.29, 1.82) is 0 Å². The number of benzene rings is 3. The summed E-state index contributed by atoms with van der Waals surface area (Å²) in [6.07, 6.45) is 0. The lowest BCUT2D eigenvalue weighted by atomic mass is 10.1. The number of rotatable bonds is 5. The van der Waals surface area contributed by atoms with Crippen LogP contribution in [0.15, 0.2) is 77.2 Å². The second-order valence-corrected chi connectivity index (χ2v) is 7.91. The van der Waals surface area contributed by atoms with Crippen LogP contribution in [0.4, 0.5) is 10.1 Å². The van der Waals surface area contributed by atoms with Crippen LogP contribution in [-0.2, 0) is 6.54 Å². The van der Waals surface area contributed by atoms with Crippen LogP contribution in [0.1, 0.15) is 5.56 Å². The highest BCUT2D eigenvalue weighted by Gasteiger charge is 2.19. The molecule has 0 atom stereocenters. The van der Waals surface area contributed by atoms with Crippen LogP contribution in [-0.4, -0.2) is 38.2 Å². The predicted molar refractivity (Wildman–Crippen MR) is 122 cm³/mol. The maximum Gasteiger partial charge on any atom is 0.176 e. The number of furan rings is 1. The molecule has 31 heavy (non-hydrogen) atoms. The highest BCUT2D eigenvalue weighted by molar-refractivity contribution is 5.88. The minimum Gasteiger partial charge on any atom is -0.493 e. The van der Waals surface area contributed by atoms with Gasteiger partial charge in [-0.25, -0.2) is 4.39 Å². The van der Waals surface area contributed by atoms with Gasteiger partial charge in [0, 0.05) is 43.8 Å². The molecule has 1 aliphatic heterocycles. The van der Waals surface area contributed by atoms with Crippen LogP contribution in [0.2, 0.25) is 0 Å². The summed E-state index contributed by atoms with van der Waals surface area (Å²) in [7, 11) is 1.64. The van der Waals surface area contributed by atoms with E-state index in [4.69, 9.17) is 9.15 Å². The summed E-state index contributed by atoms with van der Waals surface area (Å²) < 4.78 is 25.8. The average Bonchev–Trinajstić information content (AvgIpc) is 3.24. The third-order valence-corrected chi connectivity index (χ3v) is 5.90. The summed E-state index contributed by atoms with van der Waals surface area (Å²) in [6, 6.07) is 23.3. The first-order valence-electron chi connectivity index (χ1n) is 10.6. The maximum absolute atomic E-state index is 14.2. The lowest BCUT2D eigenvalue weighted by Crippen LogP contribution is -2.45. The smallest absolute Gasteiger partial charge is 0.176 e. The van der Waals surface area contributed by atoms with Crippen LogP contribution in [0.3, 0.4) is 0 Å². The highest BCUT2D eigenvalue weighted by Crippen LogP contribution is 2.35. The van der Waals surface area contributed by atoms with Gasteiger partial charge in [-0.3, -0.25) is 4.90 Å². The number of para-hydroxylation sites is 1. The third kappa shape index (κ3) is 4.01. The Balaban J connectivity index is 1.35. The van der Waals surface area contributed by atoms with Crippen LogP contribution < -0.4 is 9.64 Å². The molecule has 3 aromatic carbocycles. The molecule has 0 saturated carbocycles. The number of fused-ring (bicyclic) bond motifs is 1. The number of hydrogen-bond acceptors (Lipinski definition) is 4. The van der Waals surface area contributed by atoms with Crippen molar-refractivity contribution in [3.8, 4) is 17.1 Å². The van der Waals surface area contributed by atoms with Crippen LogP contribution >= 0.6 is 0 Å². The Labute approximate surface area is 181 Å². The Hall–Kier alpha value is -3.31. The number of nitrogens with zero attached hydrogens (tertiary/aromatic N) is 2. The second-order valence-electron chi connectivity index (χ2n) is 7.91. The molecule has 1 saturated heterocycles. The predicted octanol–water partition coefficient (Wildman–Crippen LogP) is 5.57. The number of anilines is 1. The monoisotopic (exact) mass is 416 g/mol. The molecule has 4 aromatic rings. The zero-order valence-corrected chi connectivity index (χ0v) is 17.6.